The molecule has 1 heterocycles. The Morgan fingerprint density at radius 1 is 1.22 bits per heavy atom. The molecule has 0 saturated carbocycles. The van der Waals surface area contributed by atoms with Crippen molar-refractivity contribution in [1.82, 2.24) is 0 Å². The number of fused-ring (bicyclic) bond motifs is 1. The lowest BCUT2D eigenvalue weighted by Gasteiger charge is -2.24. The van der Waals surface area contributed by atoms with Crippen molar-refractivity contribution in [3.63, 3.8) is 0 Å². The molecule has 7 heteroatoms. The highest BCUT2D eigenvalue weighted by Gasteiger charge is 2.31. The minimum Gasteiger partial charge on any atom is -0.468 e. The average Bonchev–Trinajstić information content (AvgIpc) is 2.86. The van der Waals surface area contributed by atoms with E-state index in [-0.39, 0.29) is 11.9 Å². The standard InChI is InChI=1S/C16H16Cl2N4O/c1-8-7-23-13-6-9(15-10(17)3-2-4-11(15)18)5-12(14(8)13)21-22-16(19)20/h2-4,7,9H,5-6H2,1H3,(H4,19,20,22)/b21-12+. The number of hydrogen-bond donors (Lipinski definition) is 2. The molecule has 1 aliphatic rings. The van der Waals surface area contributed by atoms with Crippen LogP contribution in [0.1, 0.15) is 34.8 Å². The van der Waals surface area contributed by atoms with Gasteiger partial charge in [0.1, 0.15) is 5.76 Å². The Bertz CT molecular complexity index is 786. The van der Waals surface area contributed by atoms with Crippen molar-refractivity contribution in [2.75, 3.05) is 0 Å². The summed E-state index contributed by atoms with van der Waals surface area (Å²) in [7, 11) is 0. The smallest absolute Gasteiger partial charge is 0.211 e. The van der Waals surface area contributed by atoms with Gasteiger partial charge in [0.2, 0.25) is 5.96 Å². The number of rotatable bonds is 2. The maximum atomic E-state index is 6.35. The first-order valence-electron chi connectivity index (χ1n) is 7.14. The lowest BCUT2D eigenvalue weighted by molar-refractivity contribution is 0.480. The van der Waals surface area contributed by atoms with Gasteiger partial charge in [-0.3, -0.25) is 0 Å². The number of halogens is 2. The fraction of sp³-hybridized carbons (Fsp3) is 0.250. The third-order valence-electron chi connectivity index (χ3n) is 3.91. The van der Waals surface area contributed by atoms with Crippen molar-refractivity contribution >= 4 is 34.9 Å². The predicted octanol–water partition coefficient (Wildman–Crippen LogP) is 3.60. The lowest BCUT2D eigenvalue weighted by Crippen LogP contribution is -2.23. The Kier molecular flexibility index (Phi) is 4.33. The highest BCUT2D eigenvalue weighted by molar-refractivity contribution is 6.36. The van der Waals surface area contributed by atoms with Crippen LogP contribution in [0.25, 0.3) is 0 Å². The van der Waals surface area contributed by atoms with Gasteiger partial charge in [-0.2, -0.15) is 5.10 Å². The molecule has 0 saturated heterocycles. The van der Waals surface area contributed by atoms with Crippen molar-refractivity contribution in [3.05, 3.63) is 57.0 Å². The van der Waals surface area contributed by atoms with Gasteiger partial charge in [0, 0.05) is 22.0 Å². The van der Waals surface area contributed by atoms with E-state index in [1.54, 1.807) is 6.26 Å². The zero-order chi connectivity index (χ0) is 16.6. The minimum absolute atomic E-state index is 0.0576. The fourth-order valence-corrected chi connectivity index (χ4v) is 3.69. The second-order valence-corrected chi connectivity index (χ2v) is 6.34. The maximum absolute atomic E-state index is 6.35. The van der Waals surface area contributed by atoms with Gasteiger partial charge in [0.25, 0.3) is 0 Å². The summed E-state index contributed by atoms with van der Waals surface area (Å²) in [5.41, 5.74) is 14.4. The molecule has 1 atom stereocenters. The summed E-state index contributed by atoms with van der Waals surface area (Å²) in [4.78, 5) is 0. The molecular formula is C16H16Cl2N4O. The van der Waals surface area contributed by atoms with Crippen molar-refractivity contribution in [3.8, 4) is 0 Å². The summed E-state index contributed by atoms with van der Waals surface area (Å²) in [5, 5.41) is 9.26. The molecule has 3 rings (SSSR count). The van der Waals surface area contributed by atoms with Gasteiger partial charge < -0.3 is 15.9 Å². The summed E-state index contributed by atoms with van der Waals surface area (Å²) < 4.78 is 5.68. The summed E-state index contributed by atoms with van der Waals surface area (Å²) in [6, 6.07) is 5.49. The number of nitrogens with zero attached hydrogens (tertiary/aromatic N) is 2. The largest absolute Gasteiger partial charge is 0.468 e. The maximum Gasteiger partial charge on any atom is 0.211 e. The van der Waals surface area contributed by atoms with E-state index >= 15 is 0 Å². The lowest BCUT2D eigenvalue weighted by atomic mass is 9.81. The normalized spacial score (nSPS) is 18.7. The molecule has 5 nitrogen and oxygen atoms in total. The van der Waals surface area contributed by atoms with Gasteiger partial charge in [-0.1, -0.05) is 29.3 Å². The topological polar surface area (TPSA) is 89.9 Å². The van der Waals surface area contributed by atoms with E-state index in [4.69, 9.17) is 39.1 Å². The van der Waals surface area contributed by atoms with Crippen molar-refractivity contribution in [1.29, 1.82) is 0 Å². The number of furan rings is 1. The Balaban J connectivity index is 2.08. The van der Waals surface area contributed by atoms with E-state index < -0.39 is 0 Å². The van der Waals surface area contributed by atoms with E-state index in [2.05, 4.69) is 10.2 Å². The SMILES string of the molecule is Cc1coc2c1/C(=N/N=C(N)N)CC(c1c(Cl)cccc1Cl)C2. The summed E-state index contributed by atoms with van der Waals surface area (Å²) in [6.45, 7) is 1.97. The molecule has 0 bridgehead atoms. The predicted molar refractivity (Wildman–Crippen MR) is 93.3 cm³/mol. The van der Waals surface area contributed by atoms with Gasteiger partial charge in [-0.25, -0.2) is 0 Å². The molecule has 0 spiro atoms. The highest BCUT2D eigenvalue weighted by Crippen LogP contribution is 2.40. The Morgan fingerprint density at radius 3 is 2.57 bits per heavy atom. The second-order valence-electron chi connectivity index (χ2n) is 5.53. The summed E-state index contributed by atoms with van der Waals surface area (Å²) >= 11 is 12.7. The number of guanidine groups is 1. The van der Waals surface area contributed by atoms with E-state index in [9.17, 15) is 0 Å². The molecule has 120 valence electrons. The van der Waals surface area contributed by atoms with Gasteiger partial charge in [0.15, 0.2) is 0 Å². The van der Waals surface area contributed by atoms with Crippen LogP contribution in [-0.4, -0.2) is 11.7 Å². The Hall–Kier alpha value is -1.98. The highest BCUT2D eigenvalue weighted by atomic mass is 35.5. The van der Waals surface area contributed by atoms with Crippen LogP contribution in [0.4, 0.5) is 0 Å². The molecule has 1 aromatic heterocycles. The molecule has 0 fully saturated rings. The minimum atomic E-state index is -0.0851. The summed E-state index contributed by atoms with van der Waals surface area (Å²) in [5.74, 6) is 0.819. The number of aryl methyl sites for hydroxylation is 1. The molecule has 0 aliphatic heterocycles. The number of nitrogens with two attached hydrogens (primary N) is 2. The van der Waals surface area contributed by atoms with Gasteiger partial charge in [-0.15, -0.1) is 5.10 Å². The van der Waals surface area contributed by atoms with Crippen LogP contribution in [0.5, 0.6) is 0 Å². The van der Waals surface area contributed by atoms with Gasteiger partial charge in [0.05, 0.1) is 12.0 Å². The Morgan fingerprint density at radius 2 is 1.91 bits per heavy atom. The van der Waals surface area contributed by atoms with E-state index in [0.717, 1.165) is 28.2 Å². The molecule has 1 aromatic carbocycles. The third-order valence-corrected chi connectivity index (χ3v) is 4.56. The number of hydrogen-bond acceptors (Lipinski definition) is 3. The van der Waals surface area contributed by atoms with Crippen LogP contribution in [-0.2, 0) is 6.42 Å². The first kappa shape index (κ1) is 15.9. The van der Waals surface area contributed by atoms with Crippen molar-refractivity contribution in [2.45, 2.75) is 25.7 Å². The van der Waals surface area contributed by atoms with Crippen LogP contribution >= 0.6 is 23.2 Å². The van der Waals surface area contributed by atoms with E-state index in [0.29, 0.717) is 22.9 Å². The molecule has 23 heavy (non-hydrogen) atoms. The molecule has 2 aromatic rings. The third kappa shape index (κ3) is 3.07. The van der Waals surface area contributed by atoms with Crippen molar-refractivity contribution in [2.24, 2.45) is 21.7 Å². The molecule has 0 radical (unpaired) electrons. The molecule has 0 amide bonds. The average molecular weight is 351 g/mol. The molecular weight excluding hydrogens is 335 g/mol. The van der Waals surface area contributed by atoms with Gasteiger partial charge >= 0.3 is 0 Å². The van der Waals surface area contributed by atoms with Crippen LogP contribution in [0.15, 0.2) is 39.1 Å². The first-order chi connectivity index (χ1) is 11.0. The van der Waals surface area contributed by atoms with Crippen LogP contribution in [0.2, 0.25) is 10.0 Å². The first-order valence-corrected chi connectivity index (χ1v) is 7.89. The number of benzene rings is 1. The zero-order valence-electron chi connectivity index (χ0n) is 12.5. The summed E-state index contributed by atoms with van der Waals surface area (Å²) in [6.07, 6.45) is 3.05. The molecule has 1 aliphatic carbocycles. The van der Waals surface area contributed by atoms with Crippen LogP contribution in [0, 0.1) is 6.92 Å². The quantitative estimate of drug-likeness (QED) is 0.492. The monoisotopic (exact) mass is 350 g/mol. The second kappa shape index (κ2) is 6.26. The Labute approximate surface area is 144 Å². The molecule has 1 unspecified atom stereocenters. The zero-order valence-corrected chi connectivity index (χ0v) is 14.0. The van der Waals surface area contributed by atoms with E-state index in [1.165, 1.54) is 0 Å². The van der Waals surface area contributed by atoms with Crippen LogP contribution in [0.3, 0.4) is 0 Å². The van der Waals surface area contributed by atoms with E-state index in [1.807, 2.05) is 25.1 Å². The molecule has 4 N–H and O–H groups in total. The van der Waals surface area contributed by atoms with Crippen molar-refractivity contribution < 1.29 is 4.42 Å². The van der Waals surface area contributed by atoms with Crippen LogP contribution < -0.4 is 11.5 Å². The fourth-order valence-electron chi connectivity index (χ4n) is 2.98. The van der Waals surface area contributed by atoms with Gasteiger partial charge in [-0.05, 0) is 42.5 Å².